The summed E-state index contributed by atoms with van der Waals surface area (Å²) in [5.41, 5.74) is -0.0745. The van der Waals surface area contributed by atoms with Crippen molar-refractivity contribution in [3.8, 4) is 0 Å². The minimum atomic E-state index is -0.872. The summed E-state index contributed by atoms with van der Waals surface area (Å²) in [4.78, 5) is 12.2. The van der Waals surface area contributed by atoms with Crippen molar-refractivity contribution < 1.29 is 19.4 Å². The smallest absolute Gasteiger partial charge is 0.253 e. The number of benzene rings is 1. The summed E-state index contributed by atoms with van der Waals surface area (Å²) >= 11 is 0. The topological polar surface area (TPSA) is 67.8 Å². The predicted molar refractivity (Wildman–Crippen MR) is 74.2 cm³/mol. The summed E-state index contributed by atoms with van der Waals surface area (Å²) in [6, 6.07) is 9.30. The number of hydrogen-bond acceptors (Lipinski definition) is 4. The third kappa shape index (κ3) is 3.79. The van der Waals surface area contributed by atoms with Gasteiger partial charge in [0.15, 0.2) is 6.10 Å². The van der Waals surface area contributed by atoms with Gasteiger partial charge in [0.1, 0.15) is 0 Å². The van der Waals surface area contributed by atoms with E-state index in [2.05, 4.69) is 5.32 Å². The third-order valence-corrected chi connectivity index (χ3v) is 3.59. The first kappa shape index (κ1) is 15.0. The van der Waals surface area contributed by atoms with E-state index in [4.69, 9.17) is 9.47 Å². The lowest BCUT2D eigenvalue weighted by atomic mass is 9.94. The van der Waals surface area contributed by atoms with Gasteiger partial charge in [-0.2, -0.15) is 0 Å². The van der Waals surface area contributed by atoms with Crippen LogP contribution in [-0.4, -0.2) is 43.5 Å². The van der Waals surface area contributed by atoms with Crippen LogP contribution in [0.5, 0.6) is 0 Å². The van der Waals surface area contributed by atoms with E-state index in [1.807, 2.05) is 30.3 Å². The Morgan fingerprint density at radius 2 is 2.05 bits per heavy atom. The van der Waals surface area contributed by atoms with E-state index in [0.29, 0.717) is 26.1 Å². The van der Waals surface area contributed by atoms with Gasteiger partial charge in [-0.25, -0.2) is 0 Å². The van der Waals surface area contributed by atoms with Crippen molar-refractivity contribution in [3.63, 3.8) is 0 Å². The van der Waals surface area contributed by atoms with Crippen molar-refractivity contribution in [1.82, 2.24) is 5.32 Å². The summed E-state index contributed by atoms with van der Waals surface area (Å²) in [6.45, 7) is 1.28. The number of nitrogens with one attached hydrogen (secondary N) is 1. The van der Waals surface area contributed by atoms with E-state index in [1.54, 1.807) is 0 Å². The van der Waals surface area contributed by atoms with E-state index in [1.165, 1.54) is 7.11 Å². The molecule has 5 nitrogen and oxygen atoms in total. The van der Waals surface area contributed by atoms with Gasteiger partial charge in [-0.3, -0.25) is 4.79 Å². The molecular weight excluding hydrogens is 258 g/mol. The highest BCUT2D eigenvalue weighted by Gasteiger charge is 2.31. The Labute approximate surface area is 118 Å². The highest BCUT2D eigenvalue weighted by molar-refractivity contribution is 5.82. The molecule has 2 N–H and O–H groups in total. The molecule has 1 fully saturated rings. The van der Waals surface area contributed by atoms with E-state index in [9.17, 15) is 9.90 Å². The zero-order valence-electron chi connectivity index (χ0n) is 11.7. The molecule has 1 atom stereocenters. The molecule has 0 aliphatic carbocycles. The van der Waals surface area contributed by atoms with E-state index >= 15 is 0 Å². The zero-order chi connectivity index (χ0) is 14.4. The second-order valence-corrected chi connectivity index (χ2v) is 5.08. The fraction of sp³-hybridized carbons (Fsp3) is 0.533. The number of carbonyl (C=O) groups is 1. The van der Waals surface area contributed by atoms with Gasteiger partial charge in [0.25, 0.3) is 5.91 Å². The molecule has 20 heavy (non-hydrogen) atoms. The Bertz CT molecular complexity index is 429. The summed E-state index contributed by atoms with van der Waals surface area (Å²) < 4.78 is 10.5. The molecule has 0 aromatic heterocycles. The SMILES string of the molecule is COC(C(=O)NCC1(O)CCOCC1)c1ccccc1. The maximum Gasteiger partial charge on any atom is 0.253 e. The van der Waals surface area contributed by atoms with E-state index in [0.717, 1.165) is 5.56 Å². The van der Waals surface area contributed by atoms with E-state index in [-0.39, 0.29) is 12.5 Å². The lowest BCUT2D eigenvalue weighted by Crippen LogP contribution is -2.47. The van der Waals surface area contributed by atoms with Crippen LogP contribution in [0.15, 0.2) is 30.3 Å². The van der Waals surface area contributed by atoms with Crippen LogP contribution in [0, 0.1) is 0 Å². The molecule has 0 spiro atoms. The molecule has 2 rings (SSSR count). The molecule has 1 unspecified atom stereocenters. The third-order valence-electron chi connectivity index (χ3n) is 3.59. The first-order chi connectivity index (χ1) is 9.64. The van der Waals surface area contributed by atoms with Gasteiger partial charge >= 0.3 is 0 Å². The Hall–Kier alpha value is -1.43. The van der Waals surface area contributed by atoms with Gasteiger partial charge in [-0.15, -0.1) is 0 Å². The molecule has 1 amide bonds. The number of ether oxygens (including phenoxy) is 2. The number of carbonyl (C=O) groups excluding carboxylic acids is 1. The average Bonchev–Trinajstić information content (AvgIpc) is 2.48. The molecule has 1 aliphatic rings. The van der Waals surface area contributed by atoms with Crippen LogP contribution in [0.2, 0.25) is 0 Å². The van der Waals surface area contributed by atoms with Crippen molar-refractivity contribution in [2.45, 2.75) is 24.5 Å². The zero-order valence-corrected chi connectivity index (χ0v) is 11.7. The molecule has 1 saturated heterocycles. The van der Waals surface area contributed by atoms with Crippen molar-refractivity contribution in [2.75, 3.05) is 26.9 Å². The first-order valence-electron chi connectivity index (χ1n) is 6.80. The van der Waals surface area contributed by atoms with Gasteiger partial charge in [0.05, 0.1) is 5.60 Å². The van der Waals surface area contributed by atoms with Gasteiger partial charge in [-0.1, -0.05) is 30.3 Å². The van der Waals surface area contributed by atoms with Gasteiger partial charge in [0, 0.05) is 39.7 Å². The van der Waals surface area contributed by atoms with Gasteiger partial charge in [0.2, 0.25) is 0 Å². The molecule has 1 aromatic rings. The average molecular weight is 279 g/mol. The highest BCUT2D eigenvalue weighted by Crippen LogP contribution is 2.21. The maximum atomic E-state index is 12.2. The Balaban J connectivity index is 1.93. The number of amides is 1. The summed E-state index contributed by atoms with van der Waals surface area (Å²) in [7, 11) is 1.50. The minimum Gasteiger partial charge on any atom is -0.388 e. The van der Waals surface area contributed by atoms with Crippen LogP contribution in [-0.2, 0) is 14.3 Å². The second-order valence-electron chi connectivity index (χ2n) is 5.08. The van der Waals surface area contributed by atoms with Crippen LogP contribution in [0.25, 0.3) is 0 Å². The molecule has 0 radical (unpaired) electrons. The molecule has 1 heterocycles. The number of hydrogen-bond donors (Lipinski definition) is 2. The fourth-order valence-corrected chi connectivity index (χ4v) is 2.29. The van der Waals surface area contributed by atoms with Crippen LogP contribution in [0.4, 0.5) is 0 Å². The molecular formula is C15H21NO4. The normalized spacial score (nSPS) is 19.3. The molecule has 5 heteroatoms. The quantitative estimate of drug-likeness (QED) is 0.845. The van der Waals surface area contributed by atoms with Gasteiger partial charge < -0.3 is 19.9 Å². The van der Waals surface area contributed by atoms with Crippen molar-refractivity contribution in [2.24, 2.45) is 0 Å². The van der Waals surface area contributed by atoms with Crippen LogP contribution < -0.4 is 5.32 Å². The number of rotatable bonds is 5. The maximum absolute atomic E-state index is 12.2. The van der Waals surface area contributed by atoms with Gasteiger partial charge in [-0.05, 0) is 5.56 Å². The predicted octanol–water partition coefficient (Wildman–Crippen LogP) is 1.03. The van der Waals surface area contributed by atoms with Crippen molar-refractivity contribution in [1.29, 1.82) is 0 Å². The molecule has 1 aromatic carbocycles. The standard InChI is InChI=1S/C15H21NO4/c1-19-13(12-5-3-2-4-6-12)14(17)16-11-15(18)7-9-20-10-8-15/h2-6,13,18H,7-11H2,1H3,(H,16,17). The minimum absolute atomic E-state index is 0.224. The van der Waals surface area contributed by atoms with Crippen LogP contribution in [0.1, 0.15) is 24.5 Å². The first-order valence-corrected chi connectivity index (χ1v) is 6.80. The summed E-state index contributed by atoms with van der Waals surface area (Å²) in [6.07, 6.45) is 0.423. The summed E-state index contributed by atoms with van der Waals surface area (Å²) in [5, 5.41) is 13.1. The highest BCUT2D eigenvalue weighted by atomic mass is 16.5. The lowest BCUT2D eigenvalue weighted by molar-refractivity contribution is -0.134. The fourth-order valence-electron chi connectivity index (χ4n) is 2.29. The van der Waals surface area contributed by atoms with E-state index < -0.39 is 11.7 Å². The Kier molecular flexibility index (Phi) is 5.11. The van der Waals surface area contributed by atoms with Crippen molar-refractivity contribution >= 4 is 5.91 Å². The molecule has 1 aliphatic heterocycles. The molecule has 0 saturated carbocycles. The Morgan fingerprint density at radius 1 is 1.40 bits per heavy atom. The lowest BCUT2D eigenvalue weighted by Gasteiger charge is -2.32. The Morgan fingerprint density at radius 3 is 2.65 bits per heavy atom. The number of methoxy groups -OCH3 is 1. The monoisotopic (exact) mass is 279 g/mol. The number of aliphatic hydroxyl groups is 1. The van der Waals surface area contributed by atoms with Crippen LogP contribution in [0.3, 0.4) is 0 Å². The second kappa shape index (κ2) is 6.83. The molecule has 0 bridgehead atoms. The summed E-state index contributed by atoms with van der Waals surface area (Å²) in [5.74, 6) is -0.237. The van der Waals surface area contributed by atoms with Crippen molar-refractivity contribution in [3.05, 3.63) is 35.9 Å². The molecule has 110 valence electrons. The largest absolute Gasteiger partial charge is 0.388 e. The van der Waals surface area contributed by atoms with Crippen LogP contribution >= 0.6 is 0 Å².